The molecule has 0 unspecified atom stereocenters. The molecule has 84 valence electrons. The number of rotatable bonds is 2. The van der Waals surface area contributed by atoms with Gasteiger partial charge in [-0.15, -0.1) is 0 Å². The Kier molecular flexibility index (Phi) is 2.41. The Labute approximate surface area is 99.9 Å². The molecule has 2 nitrogen and oxygen atoms in total. The van der Waals surface area contributed by atoms with Crippen molar-refractivity contribution < 1.29 is 4.42 Å². The minimum absolute atomic E-state index is 0.857. The normalized spacial score (nSPS) is 10.9. The summed E-state index contributed by atoms with van der Waals surface area (Å²) in [7, 11) is 0. The molecule has 17 heavy (non-hydrogen) atoms. The minimum Gasteiger partial charge on any atom is -0.443 e. The largest absolute Gasteiger partial charge is 0.443 e. The van der Waals surface area contributed by atoms with Crippen LogP contribution in [0.1, 0.15) is 16.7 Å². The first-order valence-electron chi connectivity index (χ1n) is 5.70. The van der Waals surface area contributed by atoms with E-state index in [0.29, 0.717) is 0 Å². The van der Waals surface area contributed by atoms with Crippen molar-refractivity contribution in [3.05, 3.63) is 65.5 Å². The van der Waals surface area contributed by atoms with Crippen LogP contribution in [-0.4, -0.2) is 4.98 Å². The summed E-state index contributed by atoms with van der Waals surface area (Å²) in [5.74, 6) is 0. The third-order valence-corrected chi connectivity index (χ3v) is 3.09. The maximum Gasteiger partial charge on any atom is 0.181 e. The molecule has 0 spiro atoms. The van der Waals surface area contributed by atoms with Crippen molar-refractivity contribution in [2.45, 2.75) is 13.3 Å². The molecule has 2 heteroatoms. The molecule has 0 saturated heterocycles. The van der Waals surface area contributed by atoms with E-state index in [-0.39, 0.29) is 0 Å². The van der Waals surface area contributed by atoms with Gasteiger partial charge in [-0.2, -0.15) is 0 Å². The minimum atomic E-state index is 0.857. The van der Waals surface area contributed by atoms with Gasteiger partial charge in [0.25, 0.3) is 0 Å². The summed E-state index contributed by atoms with van der Waals surface area (Å²) in [5, 5.41) is 0. The standard InChI is InChI=1S/C15H13NO/c1-11-5-2-3-6-12(11)9-13-7-4-8-14-15(13)16-10-17-14/h2-8,10H,9H2,1H3. The average molecular weight is 223 g/mol. The van der Waals surface area contributed by atoms with Gasteiger partial charge in [0.1, 0.15) is 5.52 Å². The van der Waals surface area contributed by atoms with Gasteiger partial charge in [0.2, 0.25) is 0 Å². The van der Waals surface area contributed by atoms with Crippen molar-refractivity contribution in [3.63, 3.8) is 0 Å². The zero-order valence-electron chi connectivity index (χ0n) is 9.68. The highest BCUT2D eigenvalue weighted by molar-refractivity contribution is 5.76. The topological polar surface area (TPSA) is 26.0 Å². The Morgan fingerprint density at radius 2 is 1.82 bits per heavy atom. The van der Waals surface area contributed by atoms with Gasteiger partial charge in [-0.1, -0.05) is 36.4 Å². The molecule has 0 aliphatic carbocycles. The Morgan fingerprint density at radius 3 is 2.71 bits per heavy atom. The number of benzene rings is 2. The zero-order valence-corrected chi connectivity index (χ0v) is 9.68. The molecule has 0 atom stereocenters. The first-order valence-corrected chi connectivity index (χ1v) is 5.70. The van der Waals surface area contributed by atoms with Crippen LogP contribution in [0, 0.1) is 6.92 Å². The Hall–Kier alpha value is -2.09. The van der Waals surface area contributed by atoms with Gasteiger partial charge in [-0.25, -0.2) is 4.98 Å². The van der Waals surface area contributed by atoms with E-state index in [4.69, 9.17) is 4.42 Å². The SMILES string of the molecule is Cc1ccccc1Cc1cccc2ocnc12. The van der Waals surface area contributed by atoms with Gasteiger partial charge in [0.15, 0.2) is 12.0 Å². The van der Waals surface area contributed by atoms with Crippen molar-refractivity contribution in [2.75, 3.05) is 0 Å². The fourth-order valence-electron chi connectivity index (χ4n) is 2.10. The van der Waals surface area contributed by atoms with Crippen LogP contribution in [0.4, 0.5) is 0 Å². The predicted octanol–water partition coefficient (Wildman–Crippen LogP) is 3.73. The van der Waals surface area contributed by atoms with Crippen LogP contribution in [0.15, 0.2) is 53.3 Å². The van der Waals surface area contributed by atoms with E-state index in [2.05, 4.69) is 42.2 Å². The molecule has 0 aliphatic rings. The molecule has 2 aromatic carbocycles. The van der Waals surface area contributed by atoms with Gasteiger partial charge in [0, 0.05) is 0 Å². The quantitative estimate of drug-likeness (QED) is 0.661. The third kappa shape index (κ3) is 1.82. The molecule has 0 N–H and O–H groups in total. The zero-order chi connectivity index (χ0) is 11.7. The van der Waals surface area contributed by atoms with Crippen LogP contribution in [0.25, 0.3) is 11.1 Å². The summed E-state index contributed by atoms with van der Waals surface area (Å²) in [6.45, 7) is 2.14. The van der Waals surface area contributed by atoms with E-state index >= 15 is 0 Å². The fourth-order valence-corrected chi connectivity index (χ4v) is 2.10. The summed E-state index contributed by atoms with van der Waals surface area (Å²) in [6, 6.07) is 14.5. The van der Waals surface area contributed by atoms with E-state index in [1.54, 1.807) is 0 Å². The number of para-hydroxylation sites is 1. The number of hydrogen-bond donors (Lipinski definition) is 0. The molecule has 3 aromatic rings. The highest BCUT2D eigenvalue weighted by Crippen LogP contribution is 2.21. The lowest BCUT2D eigenvalue weighted by atomic mass is 10.00. The summed E-state index contributed by atoms with van der Waals surface area (Å²) in [5.41, 5.74) is 5.69. The molecule has 0 amide bonds. The lowest BCUT2D eigenvalue weighted by Crippen LogP contribution is -1.92. The first kappa shape index (κ1) is 10.1. The molecule has 0 fully saturated rings. The highest BCUT2D eigenvalue weighted by atomic mass is 16.3. The average Bonchev–Trinajstić information content (AvgIpc) is 2.81. The van der Waals surface area contributed by atoms with E-state index < -0.39 is 0 Å². The Balaban J connectivity index is 2.06. The summed E-state index contributed by atoms with van der Waals surface area (Å²) in [4.78, 5) is 4.28. The second-order valence-electron chi connectivity index (χ2n) is 4.22. The second kappa shape index (κ2) is 4.06. The van der Waals surface area contributed by atoms with Crippen LogP contribution in [-0.2, 0) is 6.42 Å². The van der Waals surface area contributed by atoms with Crippen molar-refractivity contribution in [1.82, 2.24) is 4.98 Å². The second-order valence-corrected chi connectivity index (χ2v) is 4.22. The Bertz CT molecular complexity index is 655. The number of hydrogen-bond acceptors (Lipinski definition) is 2. The number of fused-ring (bicyclic) bond motifs is 1. The van der Waals surface area contributed by atoms with E-state index in [1.807, 2.05) is 12.1 Å². The van der Waals surface area contributed by atoms with E-state index in [0.717, 1.165) is 17.5 Å². The maximum absolute atomic E-state index is 5.32. The van der Waals surface area contributed by atoms with E-state index in [1.165, 1.54) is 23.1 Å². The first-order chi connectivity index (χ1) is 8.34. The number of nitrogens with zero attached hydrogens (tertiary/aromatic N) is 1. The Morgan fingerprint density at radius 1 is 1.00 bits per heavy atom. The van der Waals surface area contributed by atoms with Gasteiger partial charge in [-0.3, -0.25) is 0 Å². The van der Waals surface area contributed by atoms with Crippen molar-refractivity contribution in [1.29, 1.82) is 0 Å². The molecule has 0 aliphatic heterocycles. The van der Waals surface area contributed by atoms with Gasteiger partial charge < -0.3 is 4.42 Å². The fraction of sp³-hybridized carbons (Fsp3) is 0.133. The number of aryl methyl sites for hydroxylation is 1. The summed E-state index contributed by atoms with van der Waals surface area (Å²) in [6.07, 6.45) is 2.41. The molecular weight excluding hydrogens is 210 g/mol. The monoisotopic (exact) mass is 223 g/mol. The van der Waals surface area contributed by atoms with Crippen molar-refractivity contribution in [2.24, 2.45) is 0 Å². The number of oxazole rings is 1. The van der Waals surface area contributed by atoms with Gasteiger partial charge in [-0.05, 0) is 36.1 Å². The van der Waals surface area contributed by atoms with Crippen LogP contribution in [0.5, 0.6) is 0 Å². The molecule has 3 rings (SSSR count). The van der Waals surface area contributed by atoms with Crippen LogP contribution in [0.3, 0.4) is 0 Å². The smallest absolute Gasteiger partial charge is 0.181 e. The molecule has 0 radical (unpaired) electrons. The van der Waals surface area contributed by atoms with Gasteiger partial charge >= 0.3 is 0 Å². The molecule has 1 aromatic heterocycles. The highest BCUT2D eigenvalue weighted by Gasteiger charge is 2.06. The predicted molar refractivity (Wildman–Crippen MR) is 68.0 cm³/mol. The summed E-state index contributed by atoms with van der Waals surface area (Å²) < 4.78 is 5.32. The van der Waals surface area contributed by atoms with Crippen LogP contribution < -0.4 is 0 Å². The summed E-state index contributed by atoms with van der Waals surface area (Å²) >= 11 is 0. The van der Waals surface area contributed by atoms with E-state index in [9.17, 15) is 0 Å². The lowest BCUT2D eigenvalue weighted by molar-refractivity contribution is 0.602. The molecule has 1 heterocycles. The third-order valence-electron chi connectivity index (χ3n) is 3.09. The number of aromatic nitrogens is 1. The maximum atomic E-state index is 5.32. The van der Waals surface area contributed by atoms with Crippen LogP contribution in [0.2, 0.25) is 0 Å². The molecule has 0 bridgehead atoms. The molecule has 0 saturated carbocycles. The van der Waals surface area contributed by atoms with Crippen molar-refractivity contribution in [3.8, 4) is 0 Å². The molecular formula is C15H13NO. The lowest BCUT2D eigenvalue weighted by Gasteiger charge is -2.05. The van der Waals surface area contributed by atoms with Crippen LogP contribution >= 0.6 is 0 Å². The van der Waals surface area contributed by atoms with Crippen molar-refractivity contribution >= 4 is 11.1 Å². The van der Waals surface area contributed by atoms with Gasteiger partial charge in [0.05, 0.1) is 0 Å².